The van der Waals surface area contributed by atoms with Gasteiger partial charge in [0.15, 0.2) is 0 Å². The minimum Gasteiger partial charge on any atom is -0.465 e. The quantitative estimate of drug-likeness (QED) is 0.658. The third kappa shape index (κ3) is 4.78. The molecule has 0 aliphatic heterocycles. The first kappa shape index (κ1) is 11.0. The molecule has 0 aliphatic carbocycles. The van der Waals surface area contributed by atoms with E-state index in [4.69, 9.17) is 4.42 Å². The van der Waals surface area contributed by atoms with Gasteiger partial charge in [0.25, 0.3) is 0 Å². The van der Waals surface area contributed by atoms with E-state index in [0.29, 0.717) is 0 Å². The fraction of sp³-hybridized carbons (Fsp3) is 0.455. The number of furan rings is 1. The highest BCUT2D eigenvalue weighted by atomic mass is 16.3. The lowest BCUT2D eigenvalue weighted by Crippen LogP contribution is -1.61. The highest BCUT2D eigenvalue weighted by Crippen LogP contribution is 2.03. The van der Waals surface area contributed by atoms with E-state index < -0.39 is 0 Å². The van der Waals surface area contributed by atoms with Crippen molar-refractivity contribution in [3.8, 4) is 0 Å². The molecule has 0 amide bonds. The van der Waals surface area contributed by atoms with Gasteiger partial charge in [0.2, 0.25) is 0 Å². The Labute approximate surface area is 75.1 Å². The molecule has 0 saturated carbocycles. The van der Waals surface area contributed by atoms with Crippen molar-refractivity contribution in [3.63, 3.8) is 0 Å². The van der Waals surface area contributed by atoms with Gasteiger partial charge in [-0.1, -0.05) is 33.3 Å². The molecule has 0 unspecified atom stereocenters. The molecular weight excluding hydrogens is 148 g/mol. The van der Waals surface area contributed by atoms with Crippen LogP contribution in [0.1, 0.15) is 39.4 Å². The second-order valence-corrected chi connectivity index (χ2v) is 2.21. The molecule has 0 aliphatic rings. The van der Waals surface area contributed by atoms with Crippen molar-refractivity contribution in [2.45, 2.75) is 33.6 Å². The van der Waals surface area contributed by atoms with Crippen LogP contribution >= 0.6 is 0 Å². The standard InChI is InChI=1S/C9H12O.C2H6/c1-2-3-4-6-9-7-5-8-10-9;1-2/h4-8H,2-3H2,1H3;1-2H3/b6-4+;. The van der Waals surface area contributed by atoms with Crippen LogP contribution in [-0.2, 0) is 0 Å². The van der Waals surface area contributed by atoms with Gasteiger partial charge in [-0.15, -0.1) is 0 Å². The molecule has 0 saturated heterocycles. The van der Waals surface area contributed by atoms with Crippen LogP contribution in [0.2, 0.25) is 0 Å². The summed E-state index contributed by atoms with van der Waals surface area (Å²) in [5, 5.41) is 0. The lowest BCUT2D eigenvalue weighted by Gasteiger charge is -1.82. The maximum Gasteiger partial charge on any atom is 0.126 e. The van der Waals surface area contributed by atoms with Crippen LogP contribution in [0.3, 0.4) is 0 Å². The summed E-state index contributed by atoms with van der Waals surface area (Å²) in [6, 6.07) is 3.85. The van der Waals surface area contributed by atoms with Crippen molar-refractivity contribution < 1.29 is 4.42 Å². The first-order valence-corrected chi connectivity index (χ1v) is 4.63. The molecular formula is C11H18O. The molecule has 0 radical (unpaired) electrons. The lowest BCUT2D eigenvalue weighted by atomic mass is 10.3. The molecule has 1 heteroatoms. The molecule has 1 aromatic heterocycles. The third-order valence-electron chi connectivity index (χ3n) is 1.28. The van der Waals surface area contributed by atoms with E-state index >= 15 is 0 Å². The predicted molar refractivity (Wildman–Crippen MR) is 54.0 cm³/mol. The van der Waals surface area contributed by atoms with Gasteiger partial charge in [-0.3, -0.25) is 0 Å². The highest BCUT2D eigenvalue weighted by Gasteiger charge is 1.84. The average Bonchev–Trinajstić information content (AvgIpc) is 2.61. The van der Waals surface area contributed by atoms with Gasteiger partial charge in [0.05, 0.1) is 6.26 Å². The Hall–Kier alpha value is -0.980. The van der Waals surface area contributed by atoms with Crippen molar-refractivity contribution in [2.75, 3.05) is 0 Å². The summed E-state index contributed by atoms with van der Waals surface area (Å²) in [5.41, 5.74) is 0. The van der Waals surface area contributed by atoms with E-state index in [0.717, 1.165) is 12.2 Å². The molecule has 0 atom stereocenters. The maximum absolute atomic E-state index is 5.09. The average molecular weight is 166 g/mol. The van der Waals surface area contributed by atoms with E-state index in [2.05, 4.69) is 13.0 Å². The van der Waals surface area contributed by atoms with Crippen LogP contribution < -0.4 is 0 Å². The number of allylic oxidation sites excluding steroid dienone is 1. The highest BCUT2D eigenvalue weighted by molar-refractivity contribution is 5.41. The fourth-order valence-electron chi connectivity index (χ4n) is 0.752. The van der Waals surface area contributed by atoms with Crippen LogP contribution in [0, 0.1) is 0 Å². The van der Waals surface area contributed by atoms with Crippen LogP contribution in [0.5, 0.6) is 0 Å². The topological polar surface area (TPSA) is 13.1 Å². The van der Waals surface area contributed by atoms with Crippen LogP contribution in [0.15, 0.2) is 28.9 Å². The normalized spacial score (nSPS) is 9.58. The molecule has 1 rings (SSSR count). The van der Waals surface area contributed by atoms with Crippen molar-refractivity contribution >= 4 is 6.08 Å². The second kappa shape index (κ2) is 8.12. The summed E-state index contributed by atoms with van der Waals surface area (Å²) in [7, 11) is 0. The zero-order valence-electron chi connectivity index (χ0n) is 8.21. The first-order valence-electron chi connectivity index (χ1n) is 4.63. The van der Waals surface area contributed by atoms with Gasteiger partial charge in [-0.2, -0.15) is 0 Å². The Morgan fingerprint density at radius 1 is 1.42 bits per heavy atom. The maximum atomic E-state index is 5.09. The monoisotopic (exact) mass is 166 g/mol. The molecule has 0 bridgehead atoms. The van der Waals surface area contributed by atoms with Gasteiger partial charge >= 0.3 is 0 Å². The molecule has 12 heavy (non-hydrogen) atoms. The summed E-state index contributed by atoms with van der Waals surface area (Å²) in [5.74, 6) is 0.938. The number of unbranched alkanes of at least 4 members (excludes halogenated alkanes) is 1. The molecule has 68 valence electrons. The van der Waals surface area contributed by atoms with Crippen molar-refractivity contribution in [3.05, 3.63) is 30.2 Å². The van der Waals surface area contributed by atoms with Gasteiger partial charge in [0, 0.05) is 0 Å². The van der Waals surface area contributed by atoms with E-state index in [1.54, 1.807) is 6.26 Å². The Balaban J connectivity index is 0.000000561. The summed E-state index contributed by atoms with van der Waals surface area (Å²) < 4.78 is 5.09. The van der Waals surface area contributed by atoms with Gasteiger partial charge < -0.3 is 4.42 Å². The smallest absolute Gasteiger partial charge is 0.126 e. The number of rotatable bonds is 3. The summed E-state index contributed by atoms with van der Waals surface area (Å²) >= 11 is 0. The molecule has 0 spiro atoms. The fourth-order valence-corrected chi connectivity index (χ4v) is 0.752. The number of hydrogen-bond donors (Lipinski definition) is 0. The van der Waals surface area contributed by atoms with E-state index in [1.807, 2.05) is 32.1 Å². The lowest BCUT2D eigenvalue weighted by molar-refractivity contribution is 0.557. The zero-order valence-corrected chi connectivity index (χ0v) is 8.21. The SMILES string of the molecule is CC.CCC/C=C/c1ccco1. The van der Waals surface area contributed by atoms with Gasteiger partial charge in [-0.25, -0.2) is 0 Å². The van der Waals surface area contributed by atoms with E-state index in [-0.39, 0.29) is 0 Å². The summed E-state index contributed by atoms with van der Waals surface area (Å²) in [4.78, 5) is 0. The molecule has 1 nitrogen and oxygen atoms in total. The minimum absolute atomic E-state index is 0.938. The van der Waals surface area contributed by atoms with Crippen LogP contribution in [0.4, 0.5) is 0 Å². The molecule has 1 heterocycles. The Morgan fingerprint density at radius 2 is 2.17 bits per heavy atom. The summed E-state index contributed by atoms with van der Waals surface area (Å²) in [6.45, 7) is 6.16. The van der Waals surface area contributed by atoms with Crippen molar-refractivity contribution in [1.82, 2.24) is 0 Å². The Kier molecular flexibility index (Phi) is 7.46. The van der Waals surface area contributed by atoms with Crippen LogP contribution in [-0.4, -0.2) is 0 Å². The Morgan fingerprint density at radius 3 is 2.67 bits per heavy atom. The predicted octanol–water partition coefficient (Wildman–Crippen LogP) is 4.12. The third-order valence-corrected chi connectivity index (χ3v) is 1.28. The first-order chi connectivity index (χ1) is 5.93. The molecule has 1 aromatic rings. The van der Waals surface area contributed by atoms with Gasteiger partial charge in [-0.05, 0) is 24.6 Å². The summed E-state index contributed by atoms with van der Waals surface area (Å²) in [6.07, 6.45) is 8.13. The van der Waals surface area contributed by atoms with E-state index in [1.165, 1.54) is 6.42 Å². The van der Waals surface area contributed by atoms with Crippen LogP contribution in [0.25, 0.3) is 6.08 Å². The zero-order chi connectivity index (χ0) is 9.23. The minimum atomic E-state index is 0.938. The van der Waals surface area contributed by atoms with Crippen molar-refractivity contribution in [2.24, 2.45) is 0 Å². The van der Waals surface area contributed by atoms with E-state index in [9.17, 15) is 0 Å². The molecule has 0 fully saturated rings. The largest absolute Gasteiger partial charge is 0.465 e. The second-order valence-electron chi connectivity index (χ2n) is 2.21. The number of hydrogen-bond acceptors (Lipinski definition) is 1. The Bertz CT molecular complexity index is 185. The molecule has 0 aromatic carbocycles. The van der Waals surface area contributed by atoms with Crippen molar-refractivity contribution in [1.29, 1.82) is 0 Å². The van der Waals surface area contributed by atoms with Gasteiger partial charge in [0.1, 0.15) is 5.76 Å². The molecule has 0 N–H and O–H groups in total.